The van der Waals surface area contributed by atoms with Gasteiger partial charge in [0.15, 0.2) is 0 Å². The van der Waals surface area contributed by atoms with Crippen LogP contribution in [0, 0.1) is 0 Å². The highest BCUT2D eigenvalue weighted by Gasteiger charge is 2.34. The maximum absolute atomic E-state index is 12.1. The van der Waals surface area contributed by atoms with Crippen molar-refractivity contribution >= 4 is 57.8 Å². The van der Waals surface area contributed by atoms with E-state index in [0.29, 0.717) is 16.5 Å². The van der Waals surface area contributed by atoms with Crippen molar-refractivity contribution in [3.05, 3.63) is 22.4 Å². The molecule has 2 atom stereocenters. The molecule has 2 N–H and O–H groups in total. The molecule has 2 unspecified atom stereocenters. The number of nitrogens with one attached hydrogen (secondary N) is 1. The third-order valence-electron chi connectivity index (χ3n) is 3.28. The number of carboxylic acids is 1. The monoisotopic (exact) mass is 388 g/mol. The van der Waals surface area contributed by atoms with E-state index in [0.717, 1.165) is 11.8 Å². The molecular formula is C14H16N2O5S3. The van der Waals surface area contributed by atoms with E-state index in [1.807, 2.05) is 0 Å². The summed E-state index contributed by atoms with van der Waals surface area (Å²) in [5.41, 5.74) is 0. The van der Waals surface area contributed by atoms with Gasteiger partial charge in [-0.25, -0.2) is 4.79 Å². The fraction of sp³-hybridized carbons (Fsp3) is 0.429. The molecule has 0 radical (unpaired) electrons. The van der Waals surface area contributed by atoms with Crippen LogP contribution in [0.1, 0.15) is 16.6 Å². The van der Waals surface area contributed by atoms with E-state index in [-0.39, 0.29) is 11.7 Å². The fourth-order valence-corrected chi connectivity index (χ4v) is 4.68. The zero-order valence-corrected chi connectivity index (χ0v) is 15.2. The second-order valence-electron chi connectivity index (χ2n) is 4.96. The van der Waals surface area contributed by atoms with E-state index in [9.17, 15) is 19.2 Å². The average Bonchev–Trinajstić information content (AvgIpc) is 3.22. The van der Waals surface area contributed by atoms with E-state index >= 15 is 0 Å². The van der Waals surface area contributed by atoms with Crippen molar-refractivity contribution in [2.75, 3.05) is 18.2 Å². The Balaban J connectivity index is 1.80. The lowest BCUT2D eigenvalue weighted by molar-refractivity contribution is -0.147. The zero-order chi connectivity index (χ0) is 17.7. The van der Waals surface area contributed by atoms with Crippen LogP contribution in [0.3, 0.4) is 0 Å². The minimum absolute atomic E-state index is 0.194. The molecule has 2 rings (SSSR count). The standard InChI is InChI=1S/C14H16N2O5S3/c1-8(24-14(21)10-3-2-4-23-10)12(18)15-5-11(17)16-7-22-6-9(16)13(19)20/h2-4,8-9H,5-7H2,1H3,(H,15,18)(H,19,20). The number of carbonyl (C=O) groups excluding carboxylic acids is 3. The summed E-state index contributed by atoms with van der Waals surface area (Å²) in [6, 6.07) is 2.59. The second-order valence-corrected chi connectivity index (χ2v) is 8.22. The Morgan fingerprint density at radius 2 is 2.21 bits per heavy atom. The highest BCUT2D eigenvalue weighted by atomic mass is 32.2. The smallest absolute Gasteiger partial charge is 0.327 e. The number of thioether (sulfide) groups is 2. The number of carboxylic acid groups (broad SMARTS) is 1. The van der Waals surface area contributed by atoms with Crippen molar-refractivity contribution in [2.45, 2.75) is 18.2 Å². The first-order chi connectivity index (χ1) is 11.4. The topological polar surface area (TPSA) is 104 Å². The van der Waals surface area contributed by atoms with E-state index in [1.54, 1.807) is 24.4 Å². The lowest BCUT2D eigenvalue weighted by Crippen LogP contribution is -2.47. The van der Waals surface area contributed by atoms with Gasteiger partial charge in [-0.3, -0.25) is 14.4 Å². The molecular weight excluding hydrogens is 372 g/mol. The number of hydrogen-bond donors (Lipinski definition) is 2. The number of aliphatic carboxylic acids is 1. The summed E-state index contributed by atoms with van der Waals surface area (Å²) in [6.45, 7) is 1.31. The van der Waals surface area contributed by atoms with E-state index in [1.165, 1.54) is 28.0 Å². The Bertz CT molecular complexity index is 634. The van der Waals surface area contributed by atoms with Crippen LogP contribution in [0.15, 0.2) is 17.5 Å². The Kier molecular flexibility index (Phi) is 6.69. The second kappa shape index (κ2) is 8.54. The fourth-order valence-electron chi connectivity index (χ4n) is 1.97. The van der Waals surface area contributed by atoms with Crippen LogP contribution in [0.2, 0.25) is 0 Å². The van der Waals surface area contributed by atoms with E-state index in [4.69, 9.17) is 5.11 Å². The molecule has 1 saturated heterocycles. The van der Waals surface area contributed by atoms with Crippen molar-refractivity contribution in [1.29, 1.82) is 0 Å². The lowest BCUT2D eigenvalue weighted by Gasteiger charge is -2.21. The molecule has 1 aromatic heterocycles. The van der Waals surface area contributed by atoms with Gasteiger partial charge in [0.25, 0.3) is 0 Å². The predicted molar refractivity (Wildman–Crippen MR) is 94.3 cm³/mol. The molecule has 0 spiro atoms. The molecule has 10 heteroatoms. The molecule has 1 aromatic rings. The molecule has 24 heavy (non-hydrogen) atoms. The predicted octanol–water partition coefficient (Wildman–Crippen LogP) is 1.11. The third-order valence-corrected chi connectivity index (χ3v) is 6.29. The van der Waals surface area contributed by atoms with Crippen LogP contribution in [0.25, 0.3) is 0 Å². The Hall–Kier alpha value is -1.52. The summed E-state index contributed by atoms with van der Waals surface area (Å²) in [5, 5.41) is 12.5. The molecule has 130 valence electrons. The SMILES string of the molecule is CC(SC(=O)c1cccs1)C(=O)NCC(=O)N1CSCC1C(=O)O. The molecule has 2 amide bonds. The molecule has 7 nitrogen and oxygen atoms in total. The van der Waals surface area contributed by atoms with Gasteiger partial charge in [-0.15, -0.1) is 23.1 Å². The van der Waals surface area contributed by atoms with Gasteiger partial charge in [0.05, 0.1) is 22.5 Å². The normalized spacial score (nSPS) is 18.2. The molecule has 1 aliphatic heterocycles. The molecule has 2 heterocycles. The highest BCUT2D eigenvalue weighted by molar-refractivity contribution is 8.15. The number of carbonyl (C=O) groups is 4. The first-order valence-electron chi connectivity index (χ1n) is 7.02. The van der Waals surface area contributed by atoms with E-state index in [2.05, 4.69) is 5.32 Å². The van der Waals surface area contributed by atoms with Crippen molar-refractivity contribution in [3.63, 3.8) is 0 Å². The van der Waals surface area contributed by atoms with Crippen LogP contribution < -0.4 is 5.32 Å². The molecule has 0 saturated carbocycles. The van der Waals surface area contributed by atoms with Gasteiger partial charge in [-0.1, -0.05) is 17.8 Å². The summed E-state index contributed by atoms with van der Waals surface area (Å²) < 4.78 is 0. The highest BCUT2D eigenvalue weighted by Crippen LogP contribution is 2.22. The minimum Gasteiger partial charge on any atom is -0.480 e. The van der Waals surface area contributed by atoms with Gasteiger partial charge in [-0.2, -0.15) is 0 Å². The van der Waals surface area contributed by atoms with Gasteiger partial charge >= 0.3 is 5.97 Å². The van der Waals surface area contributed by atoms with Crippen LogP contribution >= 0.6 is 34.9 Å². The Morgan fingerprint density at radius 3 is 2.83 bits per heavy atom. The molecule has 0 bridgehead atoms. The average molecular weight is 388 g/mol. The first-order valence-corrected chi connectivity index (χ1v) is 9.93. The van der Waals surface area contributed by atoms with Crippen LogP contribution in [0.5, 0.6) is 0 Å². The van der Waals surface area contributed by atoms with Crippen LogP contribution in [-0.4, -0.2) is 62.4 Å². The number of hydrogen-bond acceptors (Lipinski definition) is 7. The molecule has 0 aliphatic carbocycles. The molecule has 1 fully saturated rings. The summed E-state index contributed by atoms with van der Waals surface area (Å²) in [7, 11) is 0. The minimum atomic E-state index is -1.05. The number of nitrogens with zero attached hydrogens (tertiary/aromatic N) is 1. The maximum atomic E-state index is 12.1. The van der Waals surface area contributed by atoms with Gasteiger partial charge < -0.3 is 15.3 Å². The number of amides is 2. The number of thiophene rings is 1. The maximum Gasteiger partial charge on any atom is 0.327 e. The lowest BCUT2D eigenvalue weighted by atomic mass is 10.3. The molecule has 1 aliphatic rings. The summed E-state index contributed by atoms with van der Waals surface area (Å²) in [5.74, 6) is -1.28. The summed E-state index contributed by atoms with van der Waals surface area (Å²) in [4.78, 5) is 48.9. The Labute approximate surface area is 151 Å². The van der Waals surface area contributed by atoms with Gasteiger partial charge in [0.2, 0.25) is 16.9 Å². The van der Waals surface area contributed by atoms with Crippen LogP contribution in [-0.2, 0) is 14.4 Å². The van der Waals surface area contributed by atoms with Crippen molar-refractivity contribution in [1.82, 2.24) is 10.2 Å². The third kappa shape index (κ3) is 4.74. The largest absolute Gasteiger partial charge is 0.480 e. The summed E-state index contributed by atoms with van der Waals surface area (Å²) >= 11 is 3.55. The Morgan fingerprint density at radius 1 is 1.46 bits per heavy atom. The number of rotatable bonds is 6. The van der Waals surface area contributed by atoms with Crippen LogP contribution in [0.4, 0.5) is 0 Å². The molecule has 0 aromatic carbocycles. The van der Waals surface area contributed by atoms with Gasteiger partial charge in [-0.05, 0) is 18.4 Å². The quantitative estimate of drug-likeness (QED) is 0.752. The van der Waals surface area contributed by atoms with Crippen molar-refractivity contribution in [3.8, 4) is 0 Å². The van der Waals surface area contributed by atoms with Gasteiger partial charge in [0.1, 0.15) is 6.04 Å². The summed E-state index contributed by atoms with van der Waals surface area (Å²) in [6.07, 6.45) is 0. The zero-order valence-electron chi connectivity index (χ0n) is 12.8. The first kappa shape index (κ1) is 18.8. The van der Waals surface area contributed by atoms with Crippen molar-refractivity contribution in [2.24, 2.45) is 0 Å². The van der Waals surface area contributed by atoms with Gasteiger partial charge in [0, 0.05) is 5.75 Å². The van der Waals surface area contributed by atoms with Crippen molar-refractivity contribution < 1.29 is 24.3 Å². The van der Waals surface area contributed by atoms with E-state index < -0.39 is 29.1 Å².